The van der Waals surface area contributed by atoms with E-state index in [0.29, 0.717) is 13.1 Å². The molecule has 1 heterocycles. The summed E-state index contributed by atoms with van der Waals surface area (Å²) in [6.45, 7) is 4.43. The summed E-state index contributed by atoms with van der Waals surface area (Å²) < 4.78 is 0. The van der Waals surface area contributed by atoms with Gasteiger partial charge >= 0.3 is 5.97 Å². The van der Waals surface area contributed by atoms with Gasteiger partial charge in [-0.25, -0.2) is 0 Å². The van der Waals surface area contributed by atoms with Crippen molar-refractivity contribution < 1.29 is 9.90 Å². The number of carbonyl (C=O) groups is 1. The van der Waals surface area contributed by atoms with Crippen LogP contribution in [0.15, 0.2) is 24.3 Å². The van der Waals surface area contributed by atoms with Crippen LogP contribution in [0.25, 0.3) is 0 Å². The summed E-state index contributed by atoms with van der Waals surface area (Å²) in [5, 5.41) is 8.80. The number of rotatable bonds is 5. The zero-order valence-corrected chi connectivity index (χ0v) is 10.2. The maximum Gasteiger partial charge on any atom is 0.309 e. The zero-order valence-electron chi connectivity index (χ0n) is 10.2. The Morgan fingerprint density at radius 3 is 2.76 bits per heavy atom. The molecule has 17 heavy (non-hydrogen) atoms. The van der Waals surface area contributed by atoms with Gasteiger partial charge in [-0.05, 0) is 17.5 Å². The molecule has 0 bridgehead atoms. The van der Waals surface area contributed by atoms with Gasteiger partial charge in [-0.2, -0.15) is 0 Å². The van der Waals surface area contributed by atoms with Crippen molar-refractivity contribution in [3.8, 4) is 0 Å². The van der Waals surface area contributed by atoms with Gasteiger partial charge in [0.2, 0.25) is 0 Å². The average molecular weight is 233 g/mol. The summed E-state index contributed by atoms with van der Waals surface area (Å²) in [7, 11) is 0. The Labute approximate surface area is 102 Å². The Hall–Kier alpha value is -1.35. The third kappa shape index (κ3) is 3.07. The first-order valence-electron chi connectivity index (χ1n) is 6.22. The summed E-state index contributed by atoms with van der Waals surface area (Å²) in [6.07, 6.45) is 2.28. The van der Waals surface area contributed by atoms with E-state index in [2.05, 4.69) is 36.1 Å². The molecule has 0 aromatic heterocycles. The molecule has 1 N–H and O–H groups in total. The lowest BCUT2D eigenvalue weighted by Crippen LogP contribution is -2.49. The van der Waals surface area contributed by atoms with Gasteiger partial charge in [0.15, 0.2) is 0 Å². The second-order valence-corrected chi connectivity index (χ2v) is 4.80. The zero-order chi connectivity index (χ0) is 12.3. The maximum atomic E-state index is 10.7. The van der Waals surface area contributed by atoms with Crippen molar-refractivity contribution in [2.75, 3.05) is 13.1 Å². The second kappa shape index (κ2) is 5.32. The first kappa shape index (κ1) is 12.1. The van der Waals surface area contributed by atoms with Crippen molar-refractivity contribution in [1.29, 1.82) is 0 Å². The number of carboxylic acid groups (broad SMARTS) is 1. The summed E-state index contributed by atoms with van der Waals surface area (Å²) in [5.41, 5.74) is 2.67. The molecular weight excluding hydrogens is 214 g/mol. The van der Waals surface area contributed by atoms with Gasteiger partial charge < -0.3 is 5.11 Å². The van der Waals surface area contributed by atoms with E-state index in [-0.39, 0.29) is 5.92 Å². The number of aliphatic carboxylic acids is 1. The molecule has 0 aliphatic carbocycles. The predicted molar refractivity (Wildman–Crippen MR) is 66.8 cm³/mol. The molecule has 0 saturated carbocycles. The van der Waals surface area contributed by atoms with Crippen LogP contribution in [0.2, 0.25) is 0 Å². The van der Waals surface area contributed by atoms with E-state index in [1.54, 1.807) is 0 Å². The van der Waals surface area contributed by atoms with Crippen LogP contribution in [-0.4, -0.2) is 29.1 Å². The standard InChI is InChI=1S/C14H19NO2/c1-2-4-11-5-3-6-12(7-11)8-15-9-13(10-15)14(16)17/h3,5-7,13H,2,4,8-10H2,1H3,(H,16,17). The fourth-order valence-electron chi connectivity index (χ4n) is 2.29. The molecule has 1 saturated heterocycles. The minimum atomic E-state index is -0.666. The molecule has 0 spiro atoms. The van der Waals surface area contributed by atoms with Crippen molar-refractivity contribution in [3.05, 3.63) is 35.4 Å². The molecule has 0 radical (unpaired) electrons. The Morgan fingerprint density at radius 2 is 2.12 bits per heavy atom. The van der Waals surface area contributed by atoms with Gasteiger partial charge in [-0.1, -0.05) is 37.6 Å². The van der Waals surface area contributed by atoms with E-state index >= 15 is 0 Å². The number of benzene rings is 1. The van der Waals surface area contributed by atoms with Crippen molar-refractivity contribution in [1.82, 2.24) is 4.90 Å². The Morgan fingerprint density at radius 1 is 1.41 bits per heavy atom. The molecule has 92 valence electrons. The molecule has 0 atom stereocenters. The second-order valence-electron chi connectivity index (χ2n) is 4.80. The number of nitrogens with zero attached hydrogens (tertiary/aromatic N) is 1. The number of likely N-dealkylation sites (tertiary alicyclic amines) is 1. The molecule has 1 aliphatic heterocycles. The normalized spacial score (nSPS) is 16.8. The quantitative estimate of drug-likeness (QED) is 0.847. The lowest BCUT2D eigenvalue weighted by molar-refractivity contribution is -0.147. The highest BCUT2D eigenvalue weighted by Crippen LogP contribution is 2.19. The predicted octanol–water partition coefficient (Wildman–Crippen LogP) is 2.16. The summed E-state index contributed by atoms with van der Waals surface area (Å²) in [4.78, 5) is 12.9. The van der Waals surface area contributed by atoms with Crippen molar-refractivity contribution in [2.45, 2.75) is 26.3 Å². The van der Waals surface area contributed by atoms with Gasteiger partial charge in [0, 0.05) is 19.6 Å². The van der Waals surface area contributed by atoms with E-state index in [4.69, 9.17) is 5.11 Å². The van der Waals surface area contributed by atoms with Crippen LogP contribution >= 0.6 is 0 Å². The molecule has 3 heteroatoms. The first-order chi connectivity index (χ1) is 8.19. The monoisotopic (exact) mass is 233 g/mol. The molecule has 1 aromatic carbocycles. The minimum Gasteiger partial charge on any atom is -0.481 e. The maximum absolute atomic E-state index is 10.7. The minimum absolute atomic E-state index is 0.158. The SMILES string of the molecule is CCCc1cccc(CN2CC(C(=O)O)C2)c1. The molecule has 3 nitrogen and oxygen atoms in total. The summed E-state index contributed by atoms with van der Waals surface area (Å²) in [5.74, 6) is -0.824. The van der Waals surface area contributed by atoms with Crippen molar-refractivity contribution in [2.24, 2.45) is 5.92 Å². The highest BCUT2D eigenvalue weighted by molar-refractivity contribution is 5.71. The molecule has 0 amide bonds. The molecule has 1 aliphatic rings. The van der Waals surface area contributed by atoms with E-state index in [9.17, 15) is 4.79 Å². The van der Waals surface area contributed by atoms with Crippen LogP contribution in [0.1, 0.15) is 24.5 Å². The van der Waals surface area contributed by atoms with Crippen LogP contribution in [0.5, 0.6) is 0 Å². The number of hydrogen-bond donors (Lipinski definition) is 1. The number of hydrogen-bond acceptors (Lipinski definition) is 2. The van der Waals surface area contributed by atoms with Crippen molar-refractivity contribution in [3.63, 3.8) is 0 Å². The first-order valence-corrected chi connectivity index (χ1v) is 6.22. The lowest BCUT2D eigenvalue weighted by atomic mass is 9.99. The van der Waals surface area contributed by atoms with Crippen LogP contribution < -0.4 is 0 Å². The van der Waals surface area contributed by atoms with Crippen LogP contribution in [0.4, 0.5) is 0 Å². The van der Waals surface area contributed by atoms with Gasteiger partial charge in [0.05, 0.1) is 5.92 Å². The average Bonchev–Trinajstić information content (AvgIpc) is 2.23. The largest absolute Gasteiger partial charge is 0.481 e. The highest BCUT2D eigenvalue weighted by Gasteiger charge is 2.31. The molecule has 1 fully saturated rings. The fourth-order valence-corrected chi connectivity index (χ4v) is 2.29. The summed E-state index contributed by atoms with van der Waals surface area (Å²) >= 11 is 0. The van der Waals surface area contributed by atoms with E-state index in [1.807, 2.05) is 0 Å². The van der Waals surface area contributed by atoms with Gasteiger partial charge in [0.25, 0.3) is 0 Å². The Kier molecular flexibility index (Phi) is 3.79. The van der Waals surface area contributed by atoms with Crippen LogP contribution in [-0.2, 0) is 17.8 Å². The van der Waals surface area contributed by atoms with E-state index < -0.39 is 5.97 Å². The third-order valence-corrected chi connectivity index (χ3v) is 3.24. The van der Waals surface area contributed by atoms with Crippen molar-refractivity contribution >= 4 is 5.97 Å². The molecular formula is C14H19NO2. The smallest absolute Gasteiger partial charge is 0.309 e. The lowest BCUT2D eigenvalue weighted by Gasteiger charge is -2.36. The molecule has 1 aromatic rings. The number of carboxylic acids is 1. The summed E-state index contributed by atoms with van der Waals surface area (Å²) in [6, 6.07) is 8.60. The third-order valence-electron chi connectivity index (χ3n) is 3.24. The van der Waals surface area contributed by atoms with Crippen LogP contribution in [0, 0.1) is 5.92 Å². The van der Waals surface area contributed by atoms with Crippen LogP contribution in [0.3, 0.4) is 0 Å². The number of aryl methyl sites for hydroxylation is 1. The highest BCUT2D eigenvalue weighted by atomic mass is 16.4. The van der Waals surface area contributed by atoms with Gasteiger partial charge in [-0.15, -0.1) is 0 Å². The molecule has 0 unspecified atom stereocenters. The molecule has 2 rings (SSSR count). The van der Waals surface area contributed by atoms with E-state index in [1.165, 1.54) is 11.1 Å². The van der Waals surface area contributed by atoms with Gasteiger partial charge in [-0.3, -0.25) is 9.69 Å². The Balaban J connectivity index is 1.87. The Bertz CT molecular complexity index is 397. The fraction of sp³-hybridized carbons (Fsp3) is 0.500. The van der Waals surface area contributed by atoms with Gasteiger partial charge in [0.1, 0.15) is 0 Å². The topological polar surface area (TPSA) is 40.5 Å². The van der Waals surface area contributed by atoms with E-state index in [0.717, 1.165) is 19.4 Å².